The van der Waals surface area contributed by atoms with Crippen molar-refractivity contribution in [3.05, 3.63) is 385 Å². The molecule has 0 saturated heterocycles. The first-order valence-electron chi connectivity index (χ1n) is 41.0. The average Bonchev–Trinajstić information content (AvgIpc) is 1.55. The summed E-state index contributed by atoms with van der Waals surface area (Å²) < 4.78 is 13.5. The molecule has 1 aliphatic carbocycles. The Morgan fingerprint density at radius 1 is 0.262 bits per heavy atom. The van der Waals surface area contributed by atoms with Gasteiger partial charge in [0.1, 0.15) is 24.3 Å². The van der Waals surface area contributed by atoms with E-state index in [9.17, 15) is 21.0 Å². The molecule has 122 heavy (non-hydrogen) atoms. The fraction of sp³-hybridized carbons (Fsp3) is 0.0270. The first-order valence-corrected chi connectivity index (χ1v) is 41.8. The summed E-state index contributed by atoms with van der Waals surface area (Å²) in [7, 11) is 0. The van der Waals surface area contributed by atoms with Crippen LogP contribution in [-0.4, -0.2) is 22.8 Å². The summed E-state index contributed by atoms with van der Waals surface area (Å²) in [6, 6.07) is 135. The molecule has 1 aliphatic rings. The second-order valence-corrected chi connectivity index (χ2v) is 33.7. The highest BCUT2D eigenvalue weighted by atomic mass is 32.1. The van der Waals surface area contributed by atoms with E-state index in [0.29, 0.717) is 45.0 Å². The molecular weight excluding hydrogens is 1510 g/mol. The summed E-state index contributed by atoms with van der Waals surface area (Å²) in [5.74, 6) is 0. The fourth-order valence-corrected chi connectivity index (χ4v) is 22.0. The Balaban J connectivity index is 0.645. The summed E-state index contributed by atoms with van der Waals surface area (Å²) >= 11 is 1.76. The first-order chi connectivity index (χ1) is 60.1. The minimum Gasteiger partial charge on any atom is -0.310 e. The number of rotatable bonds is 9. The summed E-state index contributed by atoms with van der Waals surface area (Å²) in [5, 5.41) is 63.8. The van der Waals surface area contributed by atoms with E-state index < -0.39 is 0 Å². The van der Waals surface area contributed by atoms with Gasteiger partial charge in [0.15, 0.2) is 0 Å². The number of anilines is 3. The molecule has 6 aromatic heterocycles. The van der Waals surface area contributed by atoms with E-state index in [0.717, 1.165) is 180 Å². The number of fused-ring (bicyclic) bond motifs is 26. The van der Waals surface area contributed by atoms with Crippen LogP contribution in [-0.2, 0) is 5.41 Å². The normalized spacial score (nSPS) is 12.5. The van der Waals surface area contributed by atoms with Gasteiger partial charge in [-0.15, -0.1) is 11.3 Å². The first kappa shape index (κ1) is 68.7. The van der Waals surface area contributed by atoms with Gasteiger partial charge >= 0.3 is 0 Å². The lowest BCUT2D eigenvalue weighted by Crippen LogP contribution is -2.14. The van der Waals surface area contributed by atoms with Gasteiger partial charge in [-0.25, -0.2) is 0 Å². The third-order valence-electron chi connectivity index (χ3n) is 26.2. The lowest BCUT2D eigenvalue weighted by atomic mass is 9.82. The van der Waals surface area contributed by atoms with Crippen molar-refractivity contribution in [2.45, 2.75) is 19.3 Å². The van der Waals surface area contributed by atoms with Crippen molar-refractivity contribution >= 4 is 179 Å². The molecule has 564 valence electrons. The molecule has 0 aliphatic heterocycles. The van der Waals surface area contributed by atoms with E-state index >= 15 is 0 Å². The number of nitrogens with zero attached hydrogens (tertiary/aromatic N) is 10. The molecule has 0 atom stereocenters. The lowest BCUT2D eigenvalue weighted by molar-refractivity contribution is 0.661. The van der Waals surface area contributed by atoms with Crippen LogP contribution in [0, 0.1) is 45.3 Å². The van der Waals surface area contributed by atoms with Crippen LogP contribution < -0.4 is 4.90 Å². The van der Waals surface area contributed by atoms with Crippen LogP contribution in [0.2, 0.25) is 0 Å². The quantitative estimate of drug-likeness (QED) is 0.142. The molecule has 24 aromatic rings. The smallest absolute Gasteiger partial charge is 0.101 e. The number of benzene rings is 18. The summed E-state index contributed by atoms with van der Waals surface area (Å²) in [4.78, 5) is 2.31. The van der Waals surface area contributed by atoms with Crippen molar-refractivity contribution < 1.29 is 0 Å². The molecule has 6 heterocycles. The Kier molecular flexibility index (Phi) is 14.5. The van der Waals surface area contributed by atoms with E-state index in [-0.39, 0.29) is 5.41 Å². The lowest BCUT2D eigenvalue weighted by Gasteiger charge is -2.26. The SMILES string of the molecule is CC1(C)c2ccccc2-c2cc3c(cc21)c1ccccc1n3-c1cc(C#N)c(-n2c3ccc(N(c4ccccc4)c4ccc(-c5cccc6c5ccc5c6c6cc(-n7c8ccccc8c8ccccc87)ccc6n5-c5cc(C#N)c(-n6c7ccccc7c7ccc8sc9ccccc9c8c76)cc5C#N)cc4)cc3c3c4ccccc4ccc32)cc1C#N. The molecule has 10 nitrogen and oxygen atoms in total. The fourth-order valence-electron chi connectivity index (χ4n) is 20.9. The van der Waals surface area contributed by atoms with Crippen molar-refractivity contribution in [3.8, 4) is 75.0 Å². The molecule has 0 N–H and O–H groups in total. The van der Waals surface area contributed by atoms with Gasteiger partial charge in [0.25, 0.3) is 0 Å². The molecule has 0 unspecified atom stereocenters. The van der Waals surface area contributed by atoms with Crippen molar-refractivity contribution in [2.24, 2.45) is 0 Å². The van der Waals surface area contributed by atoms with Crippen LogP contribution >= 0.6 is 11.3 Å². The topological polar surface area (TPSA) is 123 Å². The largest absolute Gasteiger partial charge is 0.310 e. The average molecular weight is 1570 g/mol. The van der Waals surface area contributed by atoms with Gasteiger partial charge in [-0.1, -0.05) is 220 Å². The number of nitriles is 4. The highest BCUT2D eigenvalue weighted by Gasteiger charge is 2.37. The molecule has 11 heteroatoms. The maximum atomic E-state index is 11.8. The molecule has 0 saturated carbocycles. The summed E-state index contributed by atoms with van der Waals surface area (Å²) in [6.45, 7) is 4.60. The molecule has 0 spiro atoms. The standard InChI is InChI=1S/C111H64N10S/c1-111(2)90-33-14-8-25-78(90)86-60-104-87(59-91(86)111)82-29-12-17-36-94(82)120(104)102-54-67(61-112)100(53-68(102)62-113)118-96-49-44-73(57-88(96)107-76-24-7-6-21-65(76)41-48-98(107)118)116(71-22-4-3-5-23-71)72-42-39-66(40-43-72)75-31-20-32-83-77(75)46-51-99-108(83)89-58-74(117-92-34-15-9-26-79(92)80-27-10-16-35-93(80)117)45-50-97(89)119(99)101-55-70(64-115)103(56-69(101)63-114)121-95-37-18-11-28-81(95)84-47-52-106-109(110(84)121)85-30-13-19-38-105(85)122-106/h3-60H,1-2H3. The monoisotopic (exact) mass is 1570 g/mol. The molecule has 25 rings (SSSR count). The van der Waals surface area contributed by atoms with Gasteiger partial charge in [-0.05, 0) is 201 Å². The van der Waals surface area contributed by atoms with Gasteiger partial charge in [0.2, 0.25) is 0 Å². The molecule has 0 bridgehead atoms. The third-order valence-corrected chi connectivity index (χ3v) is 27.3. The molecule has 18 aromatic carbocycles. The predicted octanol–water partition coefficient (Wildman–Crippen LogP) is 28.8. The minimum absolute atomic E-state index is 0.213. The van der Waals surface area contributed by atoms with Gasteiger partial charge < -0.3 is 27.7 Å². The molecular formula is C111H64N10S. The van der Waals surface area contributed by atoms with Crippen LogP contribution in [0.3, 0.4) is 0 Å². The van der Waals surface area contributed by atoms with Crippen LogP contribution in [0.4, 0.5) is 17.1 Å². The zero-order valence-corrected chi connectivity index (χ0v) is 66.7. The highest BCUT2D eigenvalue weighted by molar-refractivity contribution is 7.26. The zero-order valence-electron chi connectivity index (χ0n) is 65.9. The van der Waals surface area contributed by atoms with Crippen molar-refractivity contribution in [1.29, 1.82) is 21.0 Å². The maximum Gasteiger partial charge on any atom is 0.101 e. The van der Waals surface area contributed by atoms with E-state index in [1.807, 2.05) is 42.5 Å². The molecule has 0 fully saturated rings. The van der Waals surface area contributed by atoms with E-state index in [1.54, 1.807) is 11.3 Å². The van der Waals surface area contributed by atoms with E-state index in [4.69, 9.17) is 0 Å². The highest BCUT2D eigenvalue weighted by Crippen LogP contribution is 2.54. The van der Waals surface area contributed by atoms with Gasteiger partial charge in [-0.2, -0.15) is 21.0 Å². The molecule has 0 radical (unpaired) electrons. The Morgan fingerprint density at radius 3 is 1.39 bits per heavy atom. The number of thiophene rings is 1. The number of para-hydroxylation sites is 5. The van der Waals surface area contributed by atoms with Crippen molar-refractivity contribution in [3.63, 3.8) is 0 Å². The van der Waals surface area contributed by atoms with Crippen LogP contribution in [0.1, 0.15) is 47.2 Å². The number of hydrogen-bond donors (Lipinski definition) is 0. The van der Waals surface area contributed by atoms with E-state index in [1.165, 1.54) is 27.0 Å². The van der Waals surface area contributed by atoms with Crippen LogP contribution in [0.15, 0.2) is 352 Å². The molecule has 0 amide bonds. The maximum absolute atomic E-state index is 11.8. The van der Waals surface area contributed by atoms with E-state index in [2.05, 4.69) is 375 Å². The van der Waals surface area contributed by atoms with Crippen LogP contribution in [0.5, 0.6) is 0 Å². The van der Waals surface area contributed by atoms with Crippen molar-refractivity contribution in [1.82, 2.24) is 22.8 Å². The van der Waals surface area contributed by atoms with Crippen LogP contribution in [0.25, 0.3) is 201 Å². The summed E-state index contributed by atoms with van der Waals surface area (Å²) in [6.07, 6.45) is 0. The second-order valence-electron chi connectivity index (χ2n) is 32.6. The van der Waals surface area contributed by atoms with Gasteiger partial charge in [0.05, 0.1) is 100 Å². The summed E-state index contributed by atoms with van der Waals surface area (Å²) in [5.41, 5.74) is 24.6. The van der Waals surface area contributed by atoms with Crippen molar-refractivity contribution in [2.75, 3.05) is 4.90 Å². The number of hydrogen-bond acceptors (Lipinski definition) is 6. The van der Waals surface area contributed by atoms with Gasteiger partial charge in [-0.3, -0.25) is 0 Å². The third kappa shape index (κ3) is 9.54. The Morgan fingerprint density at radius 2 is 0.730 bits per heavy atom. The Hall–Kier alpha value is -16.5. The minimum atomic E-state index is -0.213. The van der Waals surface area contributed by atoms with Gasteiger partial charge in [0, 0.05) is 102 Å². The Labute approximate surface area is 702 Å². The zero-order chi connectivity index (χ0) is 81.1. The Bertz CT molecular complexity index is 8940. The number of aromatic nitrogens is 5. The predicted molar refractivity (Wildman–Crippen MR) is 503 cm³/mol. The second kappa shape index (κ2) is 25.7.